The molecule has 0 aromatic carbocycles. The Hall–Kier alpha value is -0.0900. The number of nitrogens with one attached hydrogen (secondary N) is 1. The van der Waals surface area contributed by atoms with Crippen LogP contribution in [-0.2, 0) is 4.74 Å². The Morgan fingerprint density at radius 3 is 3.33 bits per heavy atom. The molecule has 1 atom stereocenters. The molecule has 2 rings (SSSR count). The molecule has 1 aliphatic rings. The summed E-state index contributed by atoms with van der Waals surface area (Å²) in [5.41, 5.74) is 1.02. The summed E-state index contributed by atoms with van der Waals surface area (Å²) >= 11 is 7.27. The third-order valence-corrected chi connectivity index (χ3v) is 2.84. The van der Waals surface area contributed by atoms with E-state index < -0.39 is 6.50 Å². The molecule has 66 valence electrons. The van der Waals surface area contributed by atoms with Gasteiger partial charge in [-0.3, -0.25) is 0 Å². The van der Waals surface area contributed by atoms with Gasteiger partial charge in [0.15, 0.2) is 0 Å². The van der Waals surface area contributed by atoms with E-state index in [2.05, 4.69) is 5.32 Å². The Morgan fingerprint density at radius 2 is 2.75 bits per heavy atom. The summed E-state index contributed by atoms with van der Waals surface area (Å²) in [6, 6.07) is 1.86. The second-order valence-corrected chi connectivity index (χ2v) is 4.08. The van der Waals surface area contributed by atoms with Crippen LogP contribution in [0.15, 0.2) is 11.4 Å². The van der Waals surface area contributed by atoms with Crippen LogP contribution in [-0.4, -0.2) is 19.6 Å². The third-order valence-electron chi connectivity index (χ3n) is 1.73. The molecule has 0 radical (unpaired) electrons. The molecule has 1 N–H and O–H groups in total. The topological polar surface area (TPSA) is 21.3 Å². The maximum Gasteiger partial charge on any atom is 0.0958 e. The molecule has 1 fully saturated rings. The lowest BCUT2D eigenvalue weighted by Gasteiger charge is -2.22. The van der Waals surface area contributed by atoms with Gasteiger partial charge in [-0.25, -0.2) is 0 Å². The van der Waals surface area contributed by atoms with Crippen LogP contribution in [0, 0.1) is 0 Å². The number of rotatable bonds is 1. The van der Waals surface area contributed by atoms with Crippen LogP contribution in [0.3, 0.4) is 0 Å². The monoisotopic (exact) mass is 205 g/mol. The molecule has 0 bridgehead atoms. The van der Waals surface area contributed by atoms with Gasteiger partial charge in [0.05, 0.1) is 17.0 Å². The van der Waals surface area contributed by atoms with Gasteiger partial charge in [0.25, 0.3) is 0 Å². The molecule has 4 heteroatoms. The fraction of sp³-hybridized carbons (Fsp3) is 0.500. The lowest BCUT2D eigenvalue weighted by atomic mass is 10.2. The van der Waals surface area contributed by atoms with E-state index in [9.17, 15) is 0 Å². The van der Waals surface area contributed by atoms with Crippen LogP contribution in [0.1, 0.15) is 14.4 Å². The molecule has 2 heterocycles. The second-order valence-electron chi connectivity index (χ2n) is 2.54. The first kappa shape index (κ1) is 6.38. The number of hydrogen-bond acceptors (Lipinski definition) is 3. The predicted octanol–water partition coefficient (Wildman–Crippen LogP) is 2.06. The normalized spacial score (nSPS) is 30.9. The fourth-order valence-electron chi connectivity index (χ4n) is 1.12. The zero-order chi connectivity index (χ0) is 10.2. The maximum atomic E-state index is 7.39. The summed E-state index contributed by atoms with van der Waals surface area (Å²) in [7, 11) is 0. The van der Waals surface area contributed by atoms with Crippen molar-refractivity contribution < 1.29 is 7.48 Å². The largest absolute Gasteiger partial charge is 0.371 e. The molecule has 12 heavy (non-hydrogen) atoms. The Bertz CT molecular complexity index is 321. The first-order valence-electron chi connectivity index (χ1n) is 4.67. The summed E-state index contributed by atoms with van der Waals surface area (Å²) in [4.78, 5) is 0. The molecule has 0 aliphatic carbocycles. The first-order chi connectivity index (χ1) is 6.57. The van der Waals surface area contributed by atoms with Crippen molar-refractivity contribution in [2.24, 2.45) is 0 Å². The van der Waals surface area contributed by atoms with Crippen molar-refractivity contribution >= 4 is 22.9 Å². The number of thiophene rings is 1. The van der Waals surface area contributed by atoms with Gasteiger partial charge in [0, 0.05) is 15.8 Å². The van der Waals surface area contributed by atoms with Crippen molar-refractivity contribution in [2.75, 3.05) is 19.6 Å². The van der Waals surface area contributed by atoms with Gasteiger partial charge in [-0.2, -0.15) is 0 Å². The minimum atomic E-state index is -1.41. The summed E-state index contributed by atoms with van der Waals surface area (Å²) in [5, 5.41) is 4.73. The standard InChI is InChI=1S/C8H10ClNOS/c9-8-3-6(5-12-8)7-4-10-1-2-11-7/h3,5,7,10H,1-2,4H2/i1D2. The molecule has 0 amide bonds. The highest BCUT2D eigenvalue weighted by Gasteiger charge is 2.16. The SMILES string of the molecule is [2H]C1([2H])COC(c2csc(Cl)c2)CN1. The smallest absolute Gasteiger partial charge is 0.0958 e. The van der Waals surface area contributed by atoms with Crippen molar-refractivity contribution in [3.05, 3.63) is 21.3 Å². The zero-order valence-corrected chi connectivity index (χ0v) is 7.91. The minimum Gasteiger partial charge on any atom is -0.371 e. The first-order valence-corrected chi connectivity index (χ1v) is 4.93. The summed E-state index contributed by atoms with van der Waals surface area (Å²) in [6.07, 6.45) is -0.0809. The predicted molar refractivity (Wildman–Crippen MR) is 50.9 cm³/mol. The number of morpholine rings is 1. The molecule has 0 saturated carbocycles. The molecular formula is C8H10ClNOS. The van der Waals surface area contributed by atoms with Gasteiger partial charge < -0.3 is 10.1 Å². The highest BCUT2D eigenvalue weighted by molar-refractivity contribution is 7.14. The van der Waals surface area contributed by atoms with Crippen molar-refractivity contribution in [1.29, 1.82) is 0 Å². The van der Waals surface area contributed by atoms with Crippen LogP contribution in [0.4, 0.5) is 0 Å². The van der Waals surface area contributed by atoms with Gasteiger partial charge in [-0.05, 0) is 17.0 Å². The summed E-state index contributed by atoms with van der Waals surface area (Å²) in [5.74, 6) is 0. The van der Waals surface area contributed by atoms with Gasteiger partial charge in [0.2, 0.25) is 0 Å². The third kappa shape index (κ3) is 1.80. The Morgan fingerprint density at radius 1 is 1.83 bits per heavy atom. The number of ether oxygens (including phenoxy) is 1. The zero-order valence-electron chi connectivity index (χ0n) is 8.34. The van der Waals surface area contributed by atoms with Gasteiger partial charge in [-0.1, -0.05) is 11.6 Å². The Kier molecular flexibility index (Phi) is 1.99. The van der Waals surface area contributed by atoms with E-state index in [0.717, 1.165) is 9.90 Å². The van der Waals surface area contributed by atoms with Crippen LogP contribution >= 0.6 is 22.9 Å². The van der Waals surface area contributed by atoms with Crippen molar-refractivity contribution in [2.45, 2.75) is 6.10 Å². The quantitative estimate of drug-likeness (QED) is 0.758. The molecule has 0 spiro atoms. The van der Waals surface area contributed by atoms with Gasteiger partial charge in [-0.15, -0.1) is 11.3 Å². The maximum absolute atomic E-state index is 7.39. The van der Waals surface area contributed by atoms with Crippen LogP contribution < -0.4 is 5.32 Å². The highest BCUT2D eigenvalue weighted by atomic mass is 35.5. The van der Waals surface area contributed by atoms with E-state index in [0.29, 0.717) is 6.54 Å². The van der Waals surface area contributed by atoms with Crippen molar-refractivity contribution in [3.8, 4) is 0 Å². The van der Waals surface area contributed by atoms with Crippen LogP contribution in [0.2, 0.25) is 4.34 Å². The van der Waals surface area contributed by atoms with E-state index in [1.165, 1.54) is 11.3 Å². The Balaban J connectivity index is 2.02. The average Bonchev–Trinajstić information content (AvgIpc) is 2.52. The fourth-order valence-corrected chi connectivity index (χ4v) is 2.06. The molecular weight excluding hydrogens is 194 g/mol. The van der Waals surface area contributed by atoms with Crippen molar-refractivity contribution in [1.82, 2.24) is 5.32 Å². The van der Waals surface area contributed by atoms with E-state index in [-0.39, 0.29) is 12.7 Å². The minimum absolute atomic E-state index is 0.0745. The molecule has 1 aromatic rings. The molecule has 1 unspecified atom stereocenters. The second kappa shape index (κ2) is 3.75. The summed E-state index contributed by atoms with van der Waals surface area (Å²) < 4.78 is 20.9. The Labute approximate surface area is 83.3 Å². The molecule has 2 nitrogen and oxygen atoms in total. The van der Waals surface area contributed by atoms with Crippen LogP contribution in [0.25, 0.3) is 0 Å². The molecule has 1 aliphatic heterocycles. The lowest BCUT2D eigenvalue weighted by molar-refractivity contribution is 0.0280. The van der Waals surface area contributed by atoms with E-state index in [4.69, 9.17) is 19.1 Å². The highest BCUT2D eigenvalue weighted by Crippen LogP contribution is 2.27. The van der Waals surface area contributed by atoms with E-state index in [1.807, 2.05) is 11.4 Å². The molecule has 1 aromatic heterocycles. The summed E-state index contributed by atoms with van der Waals surface area (Å²) in [6.45, 7) is -0.846. The molecule has 1 saturated heterocycles. The number of halogens is 1. The van der Waals surface area contributed by atoms with Crippen molar-refractivity contribution in [3.63, 3.8) is 0 Å². The van der Waals surface area contributed by atoms with Gasteiger partial charge in [0.1, 0.15) is 0 Å². The average molecular weight is 206 g/mol. The number of hydrogen-bond donors (Lipinski definition) is 1. The van der Waals surface area contributed by atoms with Gasteiger partial charge >= 0.3 is 0 Å². The lowest BCUT2D eigenvalue weighted by Crippen LogP contribution is -2.33. The van der Waals surface area contributed by atoms with E-state index in [1.54, 1.807) is 0 Å². The van der Waals surface area contributed by atoms with E-state index >= 15 is 0 Å². The van der Waals surface area contributed by atoms with Crippen LogP contribution in [0.5, 0.6) is 0 Å².